The first kappa shape index (κ1) is 12.9. The van der Waals surface area contributed by atoms with Crippen LogP contribution >= 0.6 is 0 Å². The second-order valence-electron chi connectivity index (χ2n) is 3.44. The van der Waals surface area contributed by atoms with Gasteiger partial charge >= 0.3 is 11.9 Å². The number of rotatable bonds is 2. The van der Waals surface area contributed by atoms with Crippen molar-refractivity contribution in [1.29, 1.82) is 0 Å². The van der Waals surface area contributed by atoms with E-state index in [0.29, 0.717) is 0 Å². The summed E-state index contributed by atoms with van der Waals surface area (Å²) in [7, 11) is 0. The van der Waals surface area contributed by atoms with Gasteiger partial charge in [-0.2, -0.15) is 0 Å². The second-order valence-corrected chi connectivity index (χ2v) is 3.44. The maximum Gasteiger partial charge on any atom is 0.303 e. The van der Waals surface area contributed by atoms with Gasteiger partial charge in [0.05, 0.1) is 6.61 Å². The van der Waals surface area contributed by atoms with E-state index in [1.54, 1.807) is 0 Å². The van der Waals surface area contributed by atoms with Gasteiger partial charge in [-0.3, -0.25) is 9.59 Å². The quantitative estimate of drug-likeness (QED) is 0.564. The monoisotopic (exact) mass is 234 g/mol. The SMILES string of the molecule is CC(=O)O[C@@H]1[C@@H](OC(C)=O)[C@@H](O)CO[C@H]1O. The molecule has 0 bridgehead atoms. The van der Waals surface area contributed by atoms with Gasteiger partial charge in [-0.15, -0.1) is 0 Å². The van der Waals surface area contributed by atoms with Crippen molar-refractivity contribution >= 4 is 11.9 Å². The number of aliphatic hydroxyl groups is 2. The van der Waals surface area contributed by atoms with E-state index in [1.165, 1.54) is 0 Å². The second kappa shape index (κ2) is 5.24. The topological polar surface area (TPSA) is 102 Å². The summed E-state index contributed by atoms with van der Waals surface area (Å²) in [5.41, 5.74) is 0. The average molecular weight is 234 g/mol. The Morgan fingerprint density at radius 2 is 1.62 bits per heavy atom. The molecule has 0 radical (unpaired) electrons. The molecule has 2 N–H and O–H groups in total. The molecule has 0 aromatic rings. The molecule has 7 heteroatoms. The van der Waals surface area contributed by atoms with E-state index in [4.69, 9.17) is 14.2 Å². The smallest absolute Gasteiger partial charge is 0.303 e. The molecule has 7 nitrogen and oxygen atoms in total. The van der Waals surface area contributed by atoms with Gasteiger partial charge < -0.3 is 24.4 Å². The van der Waals surface area contributed by atoms with Gasteiger partial charge in [0.2, 0.25) is 0 Å². The number of hydrogen-bond acceptors (Lipinski definition) is 7. The number of carbonyl (C=O) groups excluding carboxylic acids is 2. The minimum Gasteiger partial charge on any atom is -0.455 e. The van der Waals surface area contributed by atoms with Crippen LogP contribution in [-0.4, -0.2) is 53.4 Å². The third-order valence-corrected chi connectivity index (χ3v) is 2.03. The van der Waals surface area contributed by atoms with Crippen LogP contribution in [0.5, 0.6) is 0 Å². The van der Waals surface area contributed by atoms with Crippen molar-refractivity contribution in [2.45, 2.75) is 38.4 Å². The normalized spacial score (nSPS) is 34.2. The van der Waals surface area contributed by atoms with Crippen LogP contribution in [-0.2, 0) is 23.8 Å². The molecule has 1 fully saturated rings. The molecular weight excluding hydrogens is 220 g/mol. The van der Waals surface area contributed by atoms with Crippen molar-refractivity contribution in [3.63, 3.8) is 0 Å². The highest BCUT2D eigenvalue weighted by atomic mass is 16.7. The first-order valence-corrected chi connectivity index (χ1v) is 4.74. The molecule has 1 saturated heterocycles. The Labute approximate surface area is 91.9 Å². The van der Waals surface area contributed by atoms with Crippen LogP contribution in [0.4, 0.5) is 0 Å². The Hall–Kier alpha value is -1.18. The Balaban J connectivity index is 2.76. The Morgan fingerprint density at radius 3 is 2.12 bits per heavy atom. The lowest BCUT2D eigenvalue weighted by Crippen LogP contribution is -2.56. The molecule has 1 rings (SSSR count). The summed E-state index contributed by atoms with van der Waals surface area (Å²) < 4.78 is 14.3. The van der Waals surface area contributed by atoms with Gasteiger partial charge in [-0.1, -0.05) is 0 Å². The lowest BCUT2D eigenvalue weighted by molar-refractivity contribution is -0.264. The summed E-state index contributed by atoms with van der Waals surface area (Å²) in [6, 6.07) is 0. The molecule has 1 heterocycles. The molecule has 1 aliphatic rings. The Bertz CT molecular complexity index is 249. The molecule has 0 aliphatic carbocycles. The van der Waals surface area contributed by atoms with Crippen molar-refractivity contribution < 1.29 is 34.0 Å². The minimum atomic E-state index is -1.42. The molecule has 92 valence electrons. The number of esters is 2. The summed E-state index contributed by atoms with van der Waals surface area (Å²) in [5.74, 6) is -1.31. The summed E-state index contributed by atoms with van der Waals surface area (Å²) in [4.78, 5) is 21.6. The number of aliphatic hydroxyl groups excluding tert-OH is 2. The van der Waals surface area contributed by atoms with Crippen molar-refractivity contribution in [2.75, 3.05) is 6.61 Å². The fourth-order valence-corrected chi connectivity index (χ4v) is 1.42. The van der Waals surface area contributed by atoms with E-state index in [0.717, 1.165) is 13.8 Å². The molecule has 0 saturated carbocycles. The Kier molecular flexibility index (Phi) is 4.22. The molecule has 0 unspecified atom stereocenters. The van der Waals surface area contributed by atoms with Crippen LogP contribution in [0.2, 0.25) is 0 Å². The maximum atomic E-state index is 10.8. The summed E-state index contributed by atoms with van der Waals surface area (Å²) in [5, 5.41) is 18.9. The van der Waals surface area contributed by atoms with E-state index in [-0.39, 0.29) is 6.61 Å². The number of carbonyl (C=O) groups is 2. The first-order valence-electron chi connectivity index (χ1n) is 4.74. The van der Waals surface area contributed by atoms with Crippen LogP contribution in [0.1, 0.15) is 13.8 Å². The average Bonchev–Trinajstić information content (AvgIpc) is 2.16. The molecule has 0 amide bonds. The van der Waals surface area contributed by atoms with Crippen molar-refractivity contribution in [3.05, 3.63) is 0 Å². The fourth-order valence-electron chi connectivity index (χ4n) is 1.42. The van der Waals surface area contributed by atoms with Gasteiger partial charge in [-0.25, -0.2) is 0 Å². The summed E-state index contributed by atoms with van der Waals surface area (Å²) >= 11 is 0. The van der Waals surface area contributed by atoms with Gasteiger partial charge in [0, 0.05) is 13.8 Å². The van der Waals surface area contributed by atoms with Gasteiger partial charge in [0.15, 0.2) is 18.5 Å². The summed E-state index contributed by atoms with van der Waals surface area (Å²) in [6.07, 6.45) is -4.90. The zero-order valence-electron chi connectivity index (χ0n) is 8.95. The van der Waals surface area contributed by atoms with Crippen molar-refractivity contribution in [1.82, 2.24) is 0 Å². The summed E-state index contributed by atoms with van der Waals surface area (Å²) in [6.45, 7) is 2.09. The predicted molar refractivity (Wildman–Crippen MR) is 49.1 cm³/mol. The van der Waals surface area contributed by atoms with Crippen LogP contribution in [0.3, 0.4) is 0 Å². The lowest BCUT2D eigenvalue weighted by Gasteiger charge is -2.36. The molecule has 4 atom stereocenters. The zero-order chi connectivity index (χ0) is 12.3. The van der Waals surface area contributed by atoms with E-state index >= 15 is 0 Å². The van der Waals surface area contributed by atoms with E-state index in [1.807, 2.05) is 0 Å². The molecule has 0 spiro atoms. The van der Waals surface area contributed by atoms with Crippen molar-refractivity contribution in [3.8, 4) is 0 Å². The molecule has 1 aliphatic heterocycles. The maximum absolute atomic E-state index is 10.8. The molecule has 0 aromatic heterocycles. The highest BCUT2D eigenvalue weighted by Crippen LogP contribution is 2.20. The van der Waals surface area contributed by atoms with E-state index in [9.17, 15) is 19.8 Å². The third-order valence-electron chi connectivity index (χ3n) is 2.03. The number of hydrogen-bond donors (Lipinski definition) is 2. The lowest BCUT2D eigenvalue weighted by atomic mass is 10.1. The molecular formula is C9H14O7. The third kappa shape index (κ3) is 3.16. The Morgan fingerprint density at radius 1 is 1.12 bits per heavy atom. The first-order chi connectivity index (χ1) is 7.41. The standard InChI is InChI=1S/C9H14O7/c1-4(10)15-7-6(12)3-14-9(13)8(7)16-5(2)11/h6-9,12-13H,3H2,1-2H3/t6-,7-,8+,9+/m0/s1. The fraction of sp³-hybridized carbons (Fsp3) is 0.778. The van der Waals surface area contributed by atoms with Crippen LogP contribution in [0.25, 0.3) is 0 Å². The predicted octanol–water partition coefficient (Wildman–Crippen LogP) is -1.44. The van der Waals surface area contributed by atoms with Gasteiger partial charge in [0.1, 0.15) is 6.10 Å². The van der Waals surface area contributed by atoms with Crippen LogP contribution < -0.4 is 0 Å². The zero-order valence-corrected chi connectivity index (χ0v) is 8.95. The largest absolute Gasteiger partial charge is 0.455 e. The van der Waals surface area contributed by atoms with Gasteiger partial charge in [-0.05, 0) is 0 Å². The van der Waals surface area contributed by atoms with E-state index in [2.05, 4.69) is 0 Å². The van der Waals surface area contributed by atoms with Gasteiger partial charge in [0.25, 0.3) is 0 Å². The minimum absolute atomic E-state index is 0.198. The highest BCUT2D eigenvalue weighted by Gasteiger charge is 2.43. The molecule has 16 heavy (non-hydrogen) atoms. The van der Waals surface area contributed by atoms with Crippen molar-refractivity contribution in [2.24, 2.45) is 0 Å². The van der Waals surface area contributed by atoms with Crippen LogP contribution in [0, 0.1) is 0 Å². The number of ether oxygens (including phenoxy) is 3. The van der Waals surface area contributed by atoms with E-state index < -0.39 is 36.5 Å². The van der Waals surface area contributed by atoms with Crippen LogP contribution in [0.15, 0.2) is 0 Å². The molecule has 0 aromatic carbocycles. The highest BCUT2D eigenvalue weighted by molar-refractivity contribution is 5.67.